The molecule has 2 atom stereocenters. The summed E-state index contributed by atoms with van der Waals surface area (Å²) in [6.45, 7) is 4.90. The summed E-state index contributed by atoms with van der Waals surface area (Å²) in [5, 5.41) is 23.2. The van der Waals surface area contributed by atoms with E-state index in [-0.39, 0.29) is 18.5 Å². The quantitative estimate of drug-likeness (QED) is 0.0320. The average molecular weight is 1080 g/mol. The number of unbranched alkanes of at least 4 members (excludes halogenated alkanes) is 50. The van der Waals surface area contributed by atoms with E-state index in [4.69, 9.17) is 4.74 Å². The Morgan fingerprint density at radius 2 is 0.649 bits per heavy atom. The van der Waals surface area contributed by atoms with Crippen LogP contribution in [0.1, 0.15) is 380 Å². The minimum Gasteiger partial charge on any atom is -0.466 e. The van der Waals surface area contributed by atoms with Crippen LogP contribution in [0.5, 0.6) is 0 Å². The number of aliphatic hydroxyl groups is 2. The fourth-order valence-corrected chi connectivity index (χ4v) is 10.8. The molecule has 0 aromatic rings. The second-order valence-corrected chi connectivity index (χ2v) is 23.9. The lowest BCUT2D eigenvalue weighted by Gasteiger charge is -2.20. The molecule has 454 valence electrons. The molecule has 0 aromatic carbocycles. The van der Waals surface area contributed by atoms with Crippen molar-refractivity contribution in [1.82, 2.24) is 5.32 Å². The maximum Gasteiger partial charge on any atom is 0.305 e. The number of esters is 1. The van der Waals surface area contributed by atoms with Gasteiger partial charge in [0.2, 0.25) is 5.91 Å². The second kappa shape index (κ2) is 66.6. The van der Waals surface area contributed by atoms with E-state index < -0.39 is 12.1 Å². The SMILES string of the molecule is CCCCC/C=C\C/C=C\CCCCCCCCCC(=O)OCCCCCCCCCCCCCCCCCCCCCCCCCCCCCCC(=O)NC(CO)C(O)/C=C/CCCCCCCCCCCCCCC. The van der Waals surface area contributed by atoms with E-state index in [1.54, 1.807) is 6.08 Å². The molecule has 6 heteroatoms. The molecule has 0 rings (SSSR count). The van der Waals surface area contributed by atoms with Gasteiger partial charge in [0.05, 0.1) is 25.4 Å². The Balaban J connectivity index is 3.35. The Hall–Kier alpha value is -1.92. The lowest BCUT2D eigenvalue weighted by atomic mass is 10.0. The summed E-state index contributed by atoms with van der Waals surface area (Å²) < 4.78 is 5.50. The van der Waals surface area contributed by atoms with Crippen LogP contribution in [-0.2, 0) is 14.3 Å². The Kier molecular flexibility index (Phi) is 64.9. The van der Waals surface area contributed by atoms with E-state index in [1.807, 2.05) is 6.08 Å². The van der Waals surface area contributed by atoms with Crippen LogP contribution in [0.25, 0.3) is 0 Å². The summed E-state index contributed by atoms with van der Waals surface area (Å²) in [7, 11) is 0. The van der Waals surface area contributed by atoms with Crippen molar-refractivity contribution in [3.05, 3.63) is 36.5 Å². The van der Waals surface area contributed by atoms with Crippen LogP contribution in [0.3, 0.4) is 0 Å². The number of carbonyl (C=O) groups excluding carboxylic acids is 2. The third kappa shape index (κ3) is 63.1. The van der Waals surface area contributed by atoms with Gasteiger partial charge in [-0.1, -0.05) is 339 Å². The maximum absolute atomic E-state index is 12.5. The van der Waals surface area contributed by atoms with Crippen molar-refractivity contribution in [3.8, 4) is 0 Å². The van der Waals surface area contributed by atoms with Crippen LogP contribution >= 0.6 is 0 Å². The molecule has 0 aromatic heterocycles. The van der Waals surface area contributed by atoms with Gasteiger partial charge in [-0.15, -0.1) is 0 Å². The normalized spacial score (nSPS) is 12.7. The van der Waals surface area contributed by atoms with Gasteiger partial charge in [-0.25, -0.2) is 0 Å². The fraction of sp³-hybridized carbons (Fsp3) is 0.887. The molecular formula is C71H135NO5. The van der Waals surface area contributed by atoms with Crippen molar-refractivity contribution in [1.29, 1.82) is 0 Å². The molecule has 0 heterocycles. The van der Waals surface area contributed by atoms with Crippen LogP contribution in [0.4, 0.5) is 0 Å². The van der Waals surface area contributed by atoms with E-state index in [2.05, 4.69) is 43.5 Å². The van der Waals surface area contributed by atoms with Gasteiger partial charge in [0.1, 0.15) is 0 Å². The fourth-order valence-electron chi connectivity index (χ4n) is 10.8. The van der Waals surface area contributed by atoms with E-state index >= 15 is 0 Å². The van der Waals surface area contributed by atoms with Gasteiger partial charge >= 0.3 is 5.97 Å². The molecular weight excluding hydrogens is 947 g/mol. The number of nitrogens with one attached hydrogen (secondary N) is 1. The molecule has 0 saturated heterocycles. The molecule has 0 aliphatic carbocycles. The molecule has 6 nitrogen and oxygen atoms in total. The maximum atomic E-state index is 12.5. The summed E-state index contributed by atoms with van der Waals surface area (Å²) in [6, 6.07) is -0.625. The van der Waals surface area contributed by atoms with Crippen LogP contribution in [-0.4, -0.2) is 47.4 Å². The number of hydrogen-bond acceptors (Lipinski definition) is 5. The van der Waals surface area contributed by atoms with Crippen LogP contribution < -0.4 is 5.32 Å². The number of carbonyl (C=O) groups is 2. The average Bonchev–Trinajstić information content (AvgIpc) is 3.43. The molecule has 0 radical (unpaired) electrons. The highest BCUT2D eigenvalue weighted by Crippen LogP contribution is 2.18. The molecule has 0 aliphatic heterocycles. The number of ether oxygens (including phenoxy) is 1. The Morgan fingerprint density at radius 1 is 0.364 bits per heavy atom. The minimum absolute atomic E-state index is 0.0110. The Bertz CT molecular complexity index is 1250. The third-order valence-corrected chi connectivity index (χ3v) is 16.2. The van der Waals surface area contributed by atoms with Gasteiger partial charge in [-0.2, -0.15) is 0 Å². The number of amides is 1. The van der Waals surface area contributed by atoms with E-state index in [1.165, 1.54) is 302 Å². The highest BCUT2D eigenvalue weighted by Gasteiger charge is 2.18. The molecule has 0 spiro atoms. The Labute approximate surface area is 481 Å². The van der Waals surface area contributed by atoms with Crippen molar-refractivity contribution in [2.75, 3.05) is 13.2 Å². The van der Waals surface area contributed by atoms with Crippen LogP contribution in [0.2, 0.25) is 0 Å². The highest BCUT2D eigenvalue weighted by molar-refractivity contribution is 5.76. The first-order chi connectivity index (χ1) is 38.0. The summed E-state index contributed by atoms with van der Waals surface area (Å²) >= 11 is 0. The zero-order chi connectivity index (χ0) is 55.7. The topological polar surface area (TPSA) is 95.9 Å². The number of allylic oxidation sites excluding steroid dienone is 5. The van der Waals surface area contributed by atoms with Gasteiger partial charge in [0.25, 0.3) is 0 Å². The molecule has 0 aliphatic rings. The molecule has 0 fully saturated rings. The van der Waals surface area contributed by atoms with Crippen molar-refractivity contribution < 1.29 is 24.5 Å². The lowest BCUT2D eigenvalue weighted by molar-refractivity contribution is -0.143. The largest absolute Gasteiger partial charge is 0.466 e. The van der Waals surface area contributed by atoms with Crippen molar-refractivity contribution in [2.45, 2.75) is 392 Å². The number of hydrogen-bond donors (Lipinski definition) is 3. The van der Waals surface area contributed by atoms with E-state index in [0.717, 1.165) is 51.4 Å². The van der Waals surface area contributed by atoms with Crippen molar-refractivity contribution in [2.24, 2.45) is 0 Å². The van der Waals surface area contributed by atoms with Gasteiger partial charge in [-0.05, 0) is 64.2 Å². The number of rotatable bonds is 65. The summed E-state index contributed by atoms with van der Waals surface area (Å²) in [5.74, 6) is -0.0519. The predicted octanol–water partition coefficient (Wildman–Crippen LogP) is 22.3. The summed E-state index contributed by atoms with van der Waals surface area (Å²) in [6.07, 6.45) is 85.0. The zero-order valence-corrected chi connectivity index (χ0v) is 52.0. The Morgan fingerprint density at radius 3 is 1.01 bits per heavy atom. The monoisotopic (exact) mass is 1080 g/mol. The molecule has 77 heavy (non-hydrogen) atoms. The first-order valence-corrected chi connectivity index (χ1v) is 34.8. The zero-order valence-electron chi connectivity index (χ0n) is 52.0. The van der Waals surface area contributed by atoms with E-state index in [0.29, 0.717) is 19.4 Å². The summed E-state index contributed by atoms with van der Waals surface area (Å²) in [4.78, 5) is 24.6. The van der Waals surface area contributed by atoms with Crippen LogP contribution in [0.15, 0.2) is 36.5 Å². The lowest BCUT2D eigenvalue weighted by Crippen LogP contribution is -2.45. The molecule has 0 bridgehead atoms. The molecule has 0 saturated carbocycles. The second-order valence-electron chi connectivity index (χ2n) is 23.9. The molecule has 3 N–H and O–H groups in total. The molecule has 2 unspecified atom stereocenters. The number of aliphatic hydroxyl groups excluding tert-OH is 2. The highest BCUT2D eigenvalue weighted by atomic mass is 16.5. The van der Waals surface area contributed by atoms with Gasteiger partial charge in [-0.3, -0.25) is 9.59 Å². The first kappa shape index (κ1) is 75.1. The van der Waals surface area contributed by atoms with Crippen molar-refractivity contribution >= 4 is 11.9 Å². The first-order valence-electron chi connectivity index (χ1n) is 34.8. The minimum atomic E-state index is -0.842. The molecule has 1 amide bonds. The van der Waals surface area contributed by atoms with Crippen LogP contribution in [0, 0.1) is 0 Å². The van der Waals surface area contributed by atoms with Crippen molar-refractivity contribution in [3.63, 3.8) is 0 Å². The standard InChI is InChI=1S/C71H135NO5/c1-3-5-7-9-11-13-15-17-19-32-37-41-45-49-53-57-61-65-71(76)77-66-62-58-54-50-46-42-38-34-31-29-27-25-23-21-20-22-24-26-28-30-33-36-40-44-48-52-56-60-64-70(75)72-68(67-73)69(74)63-59-55-51-47-43-39-35-18-16-14-12-10-8-6-4-2/h11,13,17,19,59,63,68-69,73-74H,3-10,12,14-16,18,20-58,60-62,64-67H2,1-2H3,(H,72,75)/b13-11-,19-17-,63-59+. The summed E-state index contributed by atoms with van der Waals surface area (Å²) in [5.41, 5.74) is 0. The third-order valence-electron chi connectivity index (χ3n) is 16.2. The van der Waals surface area contributed by atoms with Gasteiger partial charge in [0.15, 0.2) is 0 Å². The van der Waals surface area contributed by atoms with Gasteiger partial charge in [0, 0.05) is 12.8 Å². The van der Waals surface area contributed by atoms with Gasteiger partial charge < -0.3 is 20.3 Å². The predicted molar refractivity (Wildman–Crippen MR) is 338 cm³/mol. The smallest absolute Gasteiger partial charge is 0.305 e. The van der Waals surface area contributed by atoms with E-state index in [9.17, 15) is 19.8 Å².